The number of rotatable bonds is 4. The van der Waals surface area contributed by atoms with Gasteiger partial charge in [-0.15, -0.1) is 11.3 Å². The molecular formula is C26H28FN5OS. The first kappa shape index (κ1) is 20.8. The topological polar surface area (TPSA) is 56.4 Å². The molecule has 3 aliphatic heterocycles. The Balaban J connectivity index is 1.31. The van der Waals surface area contributed by atoms with Crippen LogP contribution in [0.4, 0.5) is 10.2 Å². The van der Waals surface area contributed by atoms with Crippen LogP contribution in [0.2, 0.25) is 0 Å². The number of thiophene rings is 1. The predicted octanol–water partition coefficient (Wildman–Crippen LogP) is 4.36. The average Bonchev–Trinajstić information content (AvgIpc) is 3.57. The van der Waals surface area contributed by atoms with Crippen LogP contribution in [0.5, 0.6) is 0 Å². The number of nitrogens with one attached hydrogen (secondary N) is 2. The Morgan fingerprint density at radius 3 is 2.71 bits per heavy atom. The quantitative estimate of drug-likeness (QED) is 0.458. The van der Waals surface area contributed by atoms with E-state index in [4.69, 9.17) is 9.72 Å². The van der Waals surface area contributed by atoms with Crippen molar-refractivity contribution in [1.82, 2.24) is 20.2 Å². The van der Waals surface area contributed by atoms with Crippen molar-refractivity contribution < 1.29 is 9.13 Å². The standard InChI is InChI=1S/C26H28FN5OS/c27-16-9-21(20-3-4-28-23(20)10-16)25-12-22-24(34-25)11-19(30-26(22)32-5-7-33-8-6-32)15-31-13-17-1-2-18(14-31)29-17/h3-4,9-12,17-18,28-29H,1-2,5-8,13-15H2. The molecule has 7 rings (SSSR count). The van der Waals surface area contributed by atoms with E-state index in [1.807, 2.05) is 12.3 Å². The normalized spacial score (nSPS) is 23.4. The fraction of sp³-hybridized carbons (Fsp3) is 0.423. The van der Waals surface area contributed by atoms with Crippen LogP contribution in [-0.4, -0.2) is 66.3 Å². The molecule has 2 bridgehead atoms. The summed E-state index contributed by atoms with van der Waals surface area (Å²) >= 11 is 1.74. The number of piperazine rings is 1. The maximum atomic E-state index is 14.4. The van der Waals surface area contributed by atoms with E-state index in [0.717, 1.165) is 84.2 Å². The molecule has 1 aromatic carbocycles. The van der Waals surface area contributed by atoms with Gasteiger partial charge in [-0.25, -0.2) is 9.37 Å². The van der Waals surface area contributed by atoms with Crippen molar-refractivity contribution in [3.05, 3.63) is 48.0 Å². The van der Waals surface area contributed by atoms with Crippen molar-refractivity contribution >= 4 is 38.1 Å². The van der Waals surface area contributed by atoms with Crippen molar-refractivity contribution in [2.45, 2.75) is 31.5 Å². The number of ether oxygens (including phenoxy) is 1. The van der Waals surface area contributed by atoms with Gasteiger partial charge in [0.05, 0.1) is 18.9 Å². The van der Waals surface area contributed by atoms with E-state index in [1.54, 1.807) is 23.5 Å². The molecule has 0 saturated carbocycles. The molecule has 3 fully saturated rings. The average molecular weight is 478 g/mol. The van der Waals surface area contributed by atoms with Gasteiger partial charge in [0, 0.05) is 82.4 Å². The van der Waals surface area contributed by atoms with Crippen LogP contribution in [0.1, 0.15) is 18.5 Å². The van der Waals surface area contributed by atoms with E-state index >= 15 is 0 Å². The molecule has 4 aromatic rings. The maximum absolute atomic E-state index is 14.4. The molecule has 2 N–H and O–H groups in total. The summed E-state index contributed by atoms with van der Waals surface area (Å²) in [5, 5.41) is 5.92. The van der Waals surface area contributed by atoms with E-state index in [0.29, 0.717) is 12.1 Å². The summed E-state index contributed by atoms with van der Waals surface area (Å²) in [5.41, 5.74) is 2.88. The lowest BCUT2D eigenvalue weighted by molar-refractivity contribution is 0.122. The largest absolute Gasteiger partial charge is 0.378 e. The molecule has 34 heavy (non-hydrogen) atoms. The second kappa shape index (κ2) is 8.30. The van der Waals surface area contributed by atoms with Crippen LogP contribution in [0.3, 0.4) is 0 Å². The van der Waals surface area contributed by atoms with Crippen LogP contribution in [-0.2, 0) is 11.3 Å². The molecule has 3 aliphatic rings. The summed E-state index contributed by atoms with van der Waals surface area (Å²) in [6, 6.07) is 10.9. The molecule has 3 aromatic heterocycles. The summed E-state index contributed by atoms with van der Waals surface area (Å²) in [6.45, 7) is 6.18. The van der Waals surface area contributed by atoms with Gasteiger partial charge in [0.2, 0.25) is 0 Å². The number of pyridine rings is 1. The molecular weight excluding hydrogens is 449 g/mol. The number of morpholine rings is 1. The summed E-state index contributed by atoms with van der Waals surface area (Å²) in [5.74, 6) is 0.820. The van der Waals surface area contributed by atoms with Gasteiger partial charge in [-0.2, -0.15) is 0 Å². The number of likely N-dealkylation sites (tertiary alicyclic amines) is 1. The van der Waals surface area contributed by atoms with Gasteiger partial charge in [-0.3, -0.25) is 4.90 Å². The summed E-state index contributed by atoms with van der Waals surface area (Å²) in [4.78, 5) is 14.3. The lowest BCUT2D eigenvalue weighted by Gasteiger charge is -2.33. The third kappa shape index (κ3) is 3.69. The zero-order valence-electron chi connectivity index (χ0n) is 19.0. The van der Waals surface area contributed by atoms with Gasteiger partial charge in [0.25, 0.3) is 0 Å². The molecule has 3 saturated heterocycles. The van der Waals surface area contributed by atoms with E-state index < -0.39 is 0 Å². The van der Waals surface area contributed by atoms with E-state index in [-0.39, 0.29) is 5.82 Å². The third-order valence-electron chi connectivity index (χ3n) is 7.44. The lowest BCUT2D eigenvalue weighted by atomic mass is 10.1. The molecule has 0 radical (unpaired) electrons. The monoisotopic (exact) mass is 477 g/mol. The van der Waals surface area contributed by atoms with E-state index in [1.165, 1.54) is 17.5 Å². The zero-order chi connectivity index (χ0) is 22.6. The van der Waals surface area contributed by atoms with Crippen molar-refractivity contribution in [3.8, 4) is 10.4 Å². The highest BCUT2D eigenvalue weighted by atomic mass is 32.1. The van der Waals surface area contributed by atoms with Crippen LogP contribution in [0.15, 0.2) is 36.5 Å². The number of H-pyrrole nitrogens is 1. The van der Waals surface area contributed by atoms with Gasteiger partial charge in [-0.1, -0.05) is 0 Å². The Labute approximate surface area is 201 Å². The van der Waals surface area contributed by atoms with Crippen molar-refractivity contribution in [3.63, 3.8) is 0 Å². The second-order valence-electron chi connectivity index (χ2n) is 9.78. The Hall–Kier alpha value is -2.52. The number of benzene rings is 1. The maximum Gasteiger partial charge on any atom is 0.137 e. The molecule has 2 atom stereocenters. The summed E-state index contributed by atoms with van der Waals surface area (Å²) < 4.78 is 21.2. The van der Waals surface area contributed by atoms with Gasteiger partial charge in [-0.05, 0) is 43.2 Å². The van der Waals surface area contributed by atoms with Gasteiger partial charge in [0.1, 0.15) is 11.6 Å². The lowest BCUT2D eigenvalue weighted by Crippen LogP contribution is -2.50. The molecule has 8 heteroatoms. The first-order valence-corrected chi connectivity index (χ1v) is 13.0. The van der Waals surface area contributed by atoms with Gasteiger partial charge >= 0.3 is 0 Å². The summed E-state index contributed by atoms with van der Waals surface area (Å²) in [7, 11) is 0. The second-order valence-corrected chi connectivity index (χ2v) is 10.9. The molecule has 6 heterocycles. The molecule has 2 unspecified atom stereocenters. The van der Waals surface area contributed by atoms with E-state index in [9.17, 15) is 4.39 Å². The number of anilines is 1. The van der Waals surface area contributed by atoms with Crippen molar-refractivity contribution in [2.24, 2.45) is 0 Å². The third-order valence-corrected chi connectivity index (χ3v) is 8.55. The van der Waals surface area contributed by atoms with Crippen molar-refractivity contribution in [2.75, 3.05) is 44.3 Å². The summed E-state index contributed by atoms with van der Waals surface area (Å²) in [6.07, 6.45) is 4.44. The van der Waals surface area contributed by atoms with Crippen molar-refractivity contribution in [1.29, 1.82) is 0 Å². The van der Waals surface area contributed by atoms with E-state index in [2.05, 4.69) is 32.2 Å². The van der Waals surface area contributed by atoms with Gasteiger partial charge < -0.3 is 19.9 Å². The highest BCUT2D eigenvalue weighted by Crippen LogP contribution is 2.41. The fourth-order valence-electron chi connectivity index (χ4n) is 5.88. The molecule has 0 spiro atoms. The number of hydrogen-bond acceptors (Lipinski definition) is 6. The smallest absolute Gasteiger partial charge is 0.137 e. The predicted molar refractivity (Wildman–Crippen MR) is 135 cm³/mol. The zero-order valence-corrected chi connectivity index (χ0v) is 19.8. The highest BCUT2D eigenvalue weighted by molar-refractivity contribution is 7.22. The molecule has 0 amide bonds. The SMILES string of the molecule is Fc1cc(-c2cc3c(N4CCOCC4)nc(CN4CC5CCC(C4)N5)cc3s2)c2cc[nH]c2c1. The van der Waals surface area contributed by atoms with Crippen LogP contribution < -0.4 is 10.2 Å². The number of aromatic nitrogens is 2. The number of hydrogen-bond donors (Lipinski definition) is 2. The number of nitrogens with zero attached hydrogens (tertiary/aromatic N) is 3. The van der Waals surface area contributed by atoms with Crippen LogP contribution in [0.25, 0.3) is 31.4 Å². The first-order chi connectivity index (χ1) is 16.7. The van der Waals surface area contributed by atoms with Crippen LogP contribution >= 0.6 is 11.3 Å². The Kier molecular flexibility index (Phi) is 5.08. The first-order valence-electron chi connectivity index (χ1n) is 12.2. The fourth-order valence-corrected chi connectivity index (χ4v) is 7.03. The minimum Gasteiger partial charge on any atom is -0.378 e. The minimum atomic E-state index is -0.219. The minimum absolute atomic E-state index is 0.219. The number of fused-ring (bicyclic) bond motifs is 4. The number of halogens is 1. The Morgan fingerprint density at radius 2 is 1.88 bits per heavy atom. The molecule has 0 aliphatic carbocycles. The highest BCUT2D eigenvalue weighted by Gasteiger charge is 2.32. The Bertz CT molecular complexity index is 1350. The van der Waals surface area contributed by atoms with Gasteiger partial charge in [0.15, 0.2) is 0 Å². The molecule has 6 nitrogen and oxygen atoms in total. The Morgan fingerprint density at radius 1 is 1.06 bits per heavy atom. The van der Waals surface area contributed by atoms with Crippen LogP contribution in [0, 0.1) is 5.82 Å². The molecule has 176 valence electrons. The number of aromatic amines is 1.